The van der Waals surface area contributed by atoms with E-state index in [-0.39, 0.29) is 4.90 Å². The molecule has 0 saturated heterocycles. The maximum Gasteiger partial charge on any atom is 0.272 e. The molecule has 5 nitrogen and oxygen atoms in total. The van der Waals surface area contributed by atoms with Gasteiger partial charge in [-0.15, -0.1) is 11.8 Å². The minimum Gasteiger partial charge on any atom is -0.274 e. The topological polar surface area (TPSA) is 63.6 Å². The van der Waals surface area contributed by atoms with E-state index < -0.39 is 10.0 Å². The third-order valence-electron chi connectivity index (χ3n) is 3.56. The zero-order valence-corrected chi connectivity index (χ0v) is 15.7. The lowest BCUT2D eigenvalue weighted by Gasteiger charge is -2.17. The molecule has 2 rings (SSSR count). The fourth-order valence-corrected chi connectivity index (χ4v) is 4.48. The molecule has 0 aliphatic rings. The van der Waals surface area contributed by atoms with Crippen molar-refractivity contribution in [3.05, 3.63) is 48.7 Å². The second-order valence-corrected chi connectivity index (χ2v) is 8.22. The van der Waals surface area contributed by atoms with Crippen LogP contribution in [-0.2, 0) is 10.0 Å². The highest BCUT2D eigenvalue weighted by atomic mass is 32.2. The molecule has 1 aromatic carbocycles. The van der Waals surface area contributed by atoms with Gasteiger partial charge in [0.05, 0.1) is 6.54 Å². The molecule has 0 aliphatic carbocycles. The molecule has 0 fully saturated rings. The van der Waals surface area contributed by atoms with E-state index in [0.717, 1.165) is 18.1 Å². The van der Waals surface area contributed by atoms with Gasteiger partial charge >= 0.3 is 0 Å². The summed E-state index contributed by atoms with van der Waals surface area (Å²) in [4.78, 5) is 4.55. The summed E-state index contributed by atoms with van der Waals surface area (Å²) in [6, 6.07) is 13.6. The van der Waals surface area contributed by atoms with Gasteiger partial charge in [-0.3, -0.25) is 5.32 Å². The summed E-state index contributed by atoms with van der Waals surface area (Å²) < 4.78 is 26.3. The van der Waals surface area contributed by atoms with Crippen LogP contribution in [0.25, 0.3) is 0 Å². The summed E-state index contributed by atoms with van der Waals surface area (Å²) in [6.07, 6.45) is 1.54. The van der Waals surface area contributed by atoms with Crippen LogP contribution in [0.2, 0.25) is 0 Å². The summed E-state index contributed by atoms with van der Waals surface area (Å²) in [5.41, 5.74) is 0. The van der Waals surface area contributed by atoms with Gasteiger partial charge in [0.25, 0.3) is 5.82 Å². The van der Waals surface area contributed by atoms with Crippen LogP contribution in [0.1, 0.15) is 13.8 Å². The number of rotatable bonds is 9. The van der Waals surface area contributed by atoms with Crippen LogP contribution >= 0.6 is 11.8 Å². The van der Waals surface area contributed by atoms with Crippen LogP contribution in [0.3, 0.4) is 0 Å². The molecule has 2 aromatic rings. The van der Waals surface area contributed by atoms with Gasteiger partial charge in [-0.1, -0.05) is 32.0 Å². The van der Waals surface area contributed by atoms with Crippen LogP contribution in [0, 0.1) is 0 Å². The average Bonchev–Trinajstić information content (AvgIpc) is 2.61. The minimum atomic E-state index is -3.41. The first kappa shape index (κ1) is 18.8. The van der Waals surface area contributed by atoms with E-state index in [1.807, 2.05) is 32.0 Å². The molecule has 130 valence electrons. The molecule has 0 amide bonds. The lowest BCUT2D eigenvalue weighted by molar-refractivity contribution is -0.364. The number of H-pyrrole nitrogens is 1. The molecule has 0 bridgehead atoms. The van der Waals surface area contributed by atoms with Crippen molar-refractivity contribution in [1.29, 1.82) is 0 Å². The van der Waals surface area contributed by atoms with Crippen LogP contribution < -0.4 is 10.3 Å². The third kappa shape index (κ3) is 4.96. The molecule has 1 aromatic heterocycles. The largest absolute Gasteiger partial charge is 0.274 e. The van der Waals surface area contributed by atoms with Gasteiger partial charge in [0.1, 0.15) is 11.1 Å². The molecule has 0 saturated carbocycles. The molecular formula is C17H24N3O2S2+. The Kier molecular flexibility index (Phi) is 7.08. The standard InChI is InChI=1S/C17H23N3O2S2/c1-3-20(4-2)24(21,22)16-10-11-17(19-14-16)18-12-13-23-15-8-6-5-7-9-15/h5-11,14H,3-4,12-13H2,1-2H3,(H,18,19)/p+1. The lowest BCUT2D eigenvalue weighted by atomic mass is 10.4. The predicted octanol–water partition coefficient (Wildman–Crippen LogP) is 2.74. The van der Waals surface area contributed by atoms with Gasteiger partial charge in [-0.2, -0.15) is 4.31 Å². The zero-order chi connectivity index (χ0) is 17.4. The van der Waals surface area contributed by atoms with E-state index in [9.17, 15) is 8.42 Å². The summed E-state index contributed by atoms with van der Waals surface area (Å²) in [6.45, 7) is 5.40. The van der Waals surface area contributed by atoms with Crippen molar-refractivity contribution in [2.45, 2.75) is 23.6 Å². The normalized spacial score (nSPS) is 11.6. The first-order chi connectivity index (χ1) is 11.6. The van der Waals surface area contributed by atoms with Gasteiger partial charge in [0.2, 0.25) is 10.0 Å². The fourth-order valence-electron chi connectivity index (χ4n) is 2.26. The van der Waals surface area contributed by atoms with Gasteiger partial charge in [0.15, 0.2) is 0 Å². The molecular weight excluding hydrogens is 342 g/mol. The van der Waals surface area contributed by atoms with E-state index >= 15 is 0 Å². The molecule has 1 heterocycles. The Bertz CT molecular complexity index is 715. The van der Waals surface area contributed by atoms with Crippen LogP contribution in [-0.4, -0.2) is 38.1 Å². The monoisotopic (exact) mass is 366 g/mol. The third-order valence-corrected chi connectivity index (χ3v) is 6.62. The summed E-state index contributed by atoms with van der Waals surface area (Å²) in [5.74, 6) is 1.74. The second-order valence-electron chi connectivity index (χ2n) is 5.12. The Morgan fingerprint density at radius 3 is 2.38 bits per heavy atom. The second kappa shape index (κ2) is 9.05. The average molecular weight is 367 g/mol. The van der Waals surface area contributed by atoms with E-state index in [4.69, 9.17) is 0 Å². The molecule has 0 unspecified atom stereocenters. The first-order valence-corrected chi connectivity index (χ1v) is 10.4. The van der Waals surface area contributed by atoms with Crippen molar-refractivity contribution < 1.29 is 13.4 Å². The minimum absolute atomic E-state index is 0.287. The predicted molar refractivity (Wildman–Crippen MR) is 98.8 cm³/mol. The van der Waals surface area contributed by atoms with Crippen LogP contribution in [0.5, 0.6) is 0 Å². The molecule has 0 atom stereocenters. The summed E-state index contributed by atoms with van der Waals surface area (Å²) in [7, 11) is -3.41. The number of benzene rings is 1. The number of aromatic amines is 1. The SMILES string of the molecule is CCN(CC)S(=O)(=O)c1ccc(NCCSc2ccccc2)[nH+]c1. The highest BCUT2D eigenvalue weighted by Crippen LogP contribution is 2.17. The number of thioether (sulfide) groups is 1. The Balaban J connectivity index is 1.88. The highest BCUT2D eigenvalue weighted by Gasteiger charge is 2.22. The Hall–Kier alpha value is -1.57. The maximum atomic E-state index is 12.4. The lowest BCUT2D eigenvalue weighted by Crippen LogP contribution is -2.31. The fraction of sp³-hybridized carbons (Fsp3) is 0.353. The van der Waals surface area contributed by atoms with E-state index in [0.29, 0.717) is 13.1 Å². The van der Waals surface area contributed by atoms with E-state index in [1.165, 1.54) is 9.20 Å². The van der Waals surface area contributed by atoms with Crippen LogP contribution in [0.4, 0.5) is 5.82 Å². The van der Waals surface area contributed by atoms with Crippen LogP contribution in [0.15, 0.2) is 58.5 Å². The van der Waals surface area contributed by atoms with Crippen molar-refractivity contribution in [1.82, 2.24) is 4.31 Å². The summed E-state index contributed by atoms with van der Waals surface area (Å²) in [5, 5.41) is 3.27. The molecule has 7 heteroatoms. The van der Waals surface area contributed by atoms with E-state index in [1.54, 1.807) is 30.1 Å². The number of anilines is 1. The number of nitrogens with zero attached hydrogens (tertiary/aromatic N) is 1. The number of hydrogen-bond acceptors (Lipinski definition) is 4. The van der Waals surface area contributed by atoms with Crippen molar-refractivity contribution >= 4 is 27.6 Å². The smallest absolute Gasteiger partial charge is 0.272 e. The highest BCUT2D eigenvalue weighted by molar-refractivity contribution is 7.99. The quantitative estimate of drug-likeness (QED) is 0.547. The number of aromatic nitrogens is 1. The van der Waals surface area contributed by atoms with Crippen molar-refractivity contribution in [3.8, 4) is 0 Å². The Labute approximate surface area is 148 Å². The number of sulfonamides is 1. The van der Waals surface area contributed by atoms with Gasteiger partial charge < -0.3 is 0 Å². The van der Waals surface area contributed by atoms with Crippen molar-refractivity contribution in [2.24, 2.45) is 0 Å². The number of hydrogen-bond donors (Lipinski definition) is 1. The zero-order valence-electron chi connectivity index (χ0n) is 14.0. The van der Waals surface area contributed by atoms with Gasteiger partial charge in [0, 0.05) is 29.8 Å². The van der Waals surface area contributed by atoms with Crippen molar-refractivity contribution in [2.75, 3.05) is 30.7 Å². The maximum absolute atomic E-state index is 12.4. The number of nitrogens with one attached hydrogen (secondary N) is 2. The van der Waals surface area contributed by atoms with Crippen molar-refractivity contribution in [3.63, 3.8) is 0 Å². The van der Waals surface area contributed by atoms with E-state index in [2.05, 4.69) is 22.4 Å². The summed E-state index contributed by atoms with van der Waals surface area (Å²) >= 11 is 1.78. The van der Waals surface area contributed by atoms with Gasteiger partial charge in [-0.05, 0) is 18.2 Å². The number of pyridine rings is 1. The molecule has 0 radical (unpaired) electrons. The molecule has 0 spiro atoms. The Morgan fingerprint density at radius 2 is 1.79 bits per heavy atom. The molecule has 0 aliphatic heterocycles. The Morgan fingerprint density at radius 1 is 1.08 bits per heavy atom. The molecule has 24 heavy (non-hydrogen) atoms. The molecule has 2 N–H and O–H groups in total. The first-order valence-electron chi connectivity index (χ1n) is 8.01. The van der Waals surface area contributed by atoms with Gasteiger partial charge in [-0.25, -0.2) is 13.4 Å².